The Morgan fingerprint density at radius 1 is 0.654 bits per heavy atom. The van der Waals surface area contributed by atoms with Crippen LogP contribution in [-0.2, 0) is 9.47 Å². The summed E-state index contributed by atoms with van der Waals surface area (Å²) < 4.78 is 10.3. The van der Waals surface area contributed by atoms with E-state index in [4.69, 9.17) is 9.47 Å². The van der Waals surface area contributed by atoms with Gasteiger partial charge in [-0.05, 0) is 63.1 Å². The van der Waals surface area contributed by atoms with Gasteiger partial charge in [-0.25, -0.2) is 0 Å². The highest BCUT2D eigenvalue weighted by Crippen LogP contribution is 2.27. The third kappa shape index (κ3) is 9.19. The van der Waals surface area contributed by atoms with Crippen molar-refractivity contribution in [3.63, 3.8) is 0 Å². The zero-order valence-corrected chi connectivity index (χ0v) is 18.5. The van der Waals surface area contributed by atoms with Gasteiger partial charge in [-0.3, -0.25) is 0 Å². The van der Waals surface area contributed by atoms with Gasteiger partial charge in [-0.15, -0.1) is 0 Å². The van der Waals surface area contributed by atoms with E-state index < -0.39 is 0 Å². The molecule has 0 N–H and O–H groups in total. The fraction of sp³-hybridized carbons (Fsp3) is 0.750. The van der Waals surface area contributed by atoms with Crippen molar-refractivity contribution >= 4 is 0 Å². The minimum atomic E-state index is 0.0196. The molecule has 0 amide bonds. The average molecular weight is 363 g/mol. The van der Waals surface area contributed by atoms with Crippen molar-refractivity contribution < 1.29 is 9.47 Å². The maximum absolute atomic E-state index is 5.17. The maximum Gasteiger partial charge on any atom is 0.154 e. The van der Waals surface area contributed by atoms with E-state index in [-0.39, 0.29) is 6.29 Å². The first-order chi connectivity index (χ1) is 12.2. The molecular weight excluding hydrogens is 320 g/mol. The van der Waals surface area contributed by atoms with Crippen LogP contribution in [-0.4, -0.2) is 19.5 Å². The summed E-state index contributed by atoms with van der Waals surface area (Å²) in [5.41, 5.74) is 5.58. The second-order valence-corrected chi connectivity index (χ2v) is 8.73. The lowest BCUT2D eigenvalue weighted by Gasteiger charge is -2.24. The van der Waals surface area contributed by atoms with Crippen molar-refractivity contribution in [1.29, 1.82) is 0 Å². The van der Waals surface area contributed by atoms with Gasteiger partial charge in [0, 0.05) is 5.92 Å². The molecular formula is C24H42O2. The van der Waals surface area contributed by atoms with Crippen LogP contribution in [0.5, 0.6) is 0 Å². The lowest BCUT2D eigenvalue weighted by molar-refractivity contribution is -0.187. The summed E-state index contributed by atoms with van der Waals surface area (Å²) in [6.07, 6.45) is 5.91. The molecule has 2 fully saturated rings. The summed E-state index contributed by atoms with van der Waals surface area (Å²) in [5.74, 6) is 2.61. The molecule has 2 heteroatoms. The van der Waals surface area contributed by atoms with E-state index in [1.165, 1.54) is 47.9 Å². The molecule has 1 aliphatic carbocycles. The van der Waals surface area contributed by atoms with E-state index in [9.17, 15) is 0 Å². The van der Waals surface area contributed by atoms with Gasteiger partial charge in [0.2, 0.25) is 0 Å². The minimum absolute atomic E-state index is 0.0196. The van der Waals surface area contributed by atoms with Gasteiger partial charge in [0.1, 0.15) is 0 Å². The average Bonchev–Trinajstić information content (AvgIpc) is 2.59. The molecule has 1 aromatic carbocycles. The minimum Gasteiger partial charge on any atom is -0.353 e. The zero-order chi connectivity index (χ0) is 19.7. The van der Waals surface area contributed by atoms with Gasteiger partial charge >= 0.3 is 0 Å². The van der Waals surface area contributed by atoms with E-state index in [2.05, 4.69) is 60.6 Å². The Kier molecular flexibility index (Phi) is 10.5. The summed E-state index contributed by atoms with van der Waals surface area (Å²) in [5, 5.41) is 0. The molecule has 1 saturated heterocycles. The predicted molar refractivity (Wildman–Crippen MR) is 113 cm³/mol. The first-order valence-corrected chi connectivity index (χ1v) is 10.5. The van der Waals surface area contributed by atoms with Crippen LogP contribution in [0.25, 0.3) is 0 Å². The van der Waals surface area contributed by atoms with Crippen molar-refractivity contribution in [2.75, 3.05) is 13.2 Å². The number of ether oxygens (including phenoxy) is 2. The summed E-state index contributed by atoms with van der Waals surface area (Å²) in [4.78, 5) is 0. The van der Waals surface area contributed by atoms with Crippen LogP contribution < -0.4 is 0 Å². The molecule has 0 bridgehead atoms. The van der Waals surface area contributed by atoms with Crippen LogP contribution in [0.4, 0.5) is 0 Å². The van der Waals surface area contributed by atoms with E-state index in [1.54, 1.807) is 0 Å². The van der Waals surface area contributed by atoms with Crippen LogP contribution in [0.3, 0.4) is 0 Å². The Hall–Kier alpha value is -0.860. The zero-order valence-electron chi connectivity index (χ0n) is 18.5. The van der Waals surface area contributed by atoms with Crippen LogP contribution in [0.15, 0.2) is 12.1 Å². The Morgan fingerprint density at radius 2 is 1.04 bits per heavy atom. The normalized spacial score (nSPS) is 28.3. The highest BCUT2D eigenvalue weighted by Gasteiger charge is 2.14. The predicted octanol–water partition coefficient (Wildman–Crippen LogP) is 6.77. The molecule has 1 aliphatic heterocycles. The first-order valence-electron chi connectivity index (χ1n) is 10.5. The van der Waals surface area contributed by atoms with Gasteiger partial charge in [0.25, 0.3) is 0 Å². The molecule has 1 heterocycles. The Morgan fingerprint density at radius 3 is 1.38 bits per heavy atom. The van der Waals surface area contributed by atoms with Crippen LogP contribution >= 0.6 is 0 Å². The third-order valence-electron chi connectivity index (χ3n) is 5.61. The van der Waals surface area contributed by atoms with Crippen LogP contribution in [0.1, 0.15) is 75.6 Å². The lowest BCUT2D eigenvalue weighted by Crippen LogP contribution is -2.27. The monoisotopic (exact) mass is 362 g/mol. The van der Waals surface area contributed by atoms with Crippen LogP contribution in [0, 0.1) is 45.4 Å². The number of aryl methyl sites for hydroxylation is 3. The third-order valence-corrected chi connectivity index (χ3v) is 5.61. The highest BCUT2D eigenvalue weighted by atomic mass is 16.7. The second-order valence-electron chi connectivity index (χ2n) is 8.73. The molecule has 26 heavy (non-hydrogen) atoms. The van der Waals surface area contributed by atoms with E-state index >= 15 is 0 Å². The maximum atomic E-state index is 5.17. The topological polar surface area (TPSA) is 18.5 Å². The van der Waals surface area contributed by atoms with Gasteiger partial charge < -0.3 is 9.47 Å². The molecule has 2 nitrogen and oxygen atoms in total. The van der Waals surface area contributed by atoms with Gasteiger partial charge in [0.15, 0.2) is 6.29 Å². The summed E-state index contributed by atoms with van der Waals surface area (Å²) in [6.45, 7) is 19.1. The molecule has 0 aromatic heterocycles. The molecule has 0 spiro atoms. The highest BCUT2D eigenvalue weighted by molar-refractivity contribution is 5.36. The first kappa shape index (κ1) is 23.2. The van der Waals surface area contributed by atoms with Crippen molar-refractivity contribution in [1.82, 2.24) is 0 Å². The Balaban J connectivity index is 0.000000197. The number of rotatable bonds is 0. The Bertz CT molecular complexity index is 444. The van der Waals surface area contributed by atoms with E-state index in [0.717, 1.165) is 25.0 Å². The molecule has 1 saturated carbocycles. The smallest absolute Gasteiger partial charge is 0.154 e. The molecule has 0 unspecified atom stereocenters. The largest absolute Gasteiger partial charge is 0.353 e. The fourth-order valence-corrected chi connectivity index (χ4v) is 3.37. The van der Waals surface area contributed by atoms with Gasteiger partial charge in [0.05, 0.1) is 13.2 Å². The molecule has 1 aromatic rings. The van der Waals surface area contributed by atoms with E-state index in [0.29, 0.717) is 5.92 Å². The molecule has 150 valence electrons. The Labute approximate surface area is 162 Å². The summed E-state index contributed by atoms with van der Waals surface area (Å²) >= 11 is 0. The lowest BCUT2D eigenvalue weighted by atomic mass is 9.84. The van der Waals surface area contributed by atoms with Crippen molar-refractivity contribution in [2.45, 2.75) is 87.4 Å². The van der Waals surface area contributed by atoms with E-state index in [1.807, 2.05) is 6.92 Å². The van der Waals surface area contributed by atoms with Gasteiger partial charge in [-0.1, -0.05) is 64.2 Å². The van der Waals surface area contributed by atoms with Crippen molar-refractivity contribution in [3.8, 4) is 0 Å². The molecule has 3 rings (SSSR count). The van der Waals surface area contributed by atoms with Crippen molar-refractivity contribution in [3.05, 3.63) is 34.4 Å². The number of hydrogen-bond acceptors (Lipinski definition) is 2. The van der Waals surface area contributed by atoms with Crippen LogP contribution in [0.2, 0.25) is 0 Å². The number of benzene rings is 1. The standard InChI is InChI=1S/C10H14.C8H16.C6H12O2/c1-7-5-8(2)10(4)9(3)6-7;1-7-3-5-8(2)6-4-7;1-5-3-7-6(2)8-4-5/h5-6H,1-4H3;7-8H,3-6H2,1-2H3;5-6H,3-4H2,1-2H3. The summed E-state index contributed by atoms with van der Waals surface area (Å²) in [7, 11) is 0. The molecule has 2 aliphatic rings. The second kappa shape index (κ2) is 11.8. The molecule has 0 atom stereocenters. The quantitative estimate of drug-likeness (QED) is 0.507. The van der Waals surface area contributed by atoms with Gasteiger partial charge in [-0.2, -0.15) is 0 Å². The van der Waals surface area contributed by atoms with Crippen molar-refractivity contribution in [2.24, 2.45) is 17.8 Å². The summed E-state index contributed by atoms with van der Waals surface area (Å²) in [6, 6.07) is 4.45. The number of hydrogen-bond donors (Lipinski definition) is 0. The SMILES string of the molecule is CC1CCC(C)CC1.CC1COC(C)OC1.Cc1cc(C)c(C)c(C)c1. The fourth-order valence-electron chi connectivity index (χ4n) is 3.37. The molecule has 0 radical (unpaired) electrons.